The number of piperazine rings is 1. The lowest BCUT2D eigenvalue weighted by molar-refractivity contribution is 0.0708. The predicted octanol–water partition coefficient (Wildman–Crippen LogP) is 1.40. The smallest absolute Gasteiger partial charge is 0.254 e. The van der Waals surface area contributed by atoms with Gasteiger partial charge in [-0.15, -0.1) is 0 Å². The minimum absolute atomic E-state index is 0.193. The molecule has 0 radical (unpaired) electrons. The number of carbonyl (C=O) groups excluding carboxylic acids is 1. The predicted molar refractivity (Wildman–Crippen MR) is 59.7 cm³/mol. The lowest BCUT2D eigenvalue weighted by atomic mass is 10.1. The van der Waals surface area contributed by atoms with E-state index < -0.39 is 11.6 Å². The van der Waals surface area contributed by atoms with Crippen molar-refractivity contribution in [2.45, 2.75) is 13.0 Å². The van der Waals surface area contributed by atoms with E-state index in [-0.39, 0.29) is 17.5 Å². The van der Waals surface area contributed by atoms with Gasteiger partial charge < -0.3 is 10.2 Å². The summed E-state index contributed by atoms with van der Waals surface area (Å²) in [5.41, 5.74) is 0.193. The van der Waals surface area contributed by atoms with Gasteiger partial charge in [0.05, 0.1) is 0 Å². The highest BCUT2D eigenvalue weighted by Crippen LogP contribution is 2.12. The molecule has 3 nitrogen and oxygen atoms in total. The molecule has 1 aromatic carbocycles. The maximum Gasteiger partial charge on any atom is 0.254 e. The summed E-state index contributed by atoms with van der Waals surface area (Å²) in [7, 11) is 0. The molecule has 1 amide bonds. The van der Waals surface area contributed by atoms with Crippen LogP contribution in [-0.2, 0) is 0 Å². The molecule has 0 bridgehead atoms. The molecule has 5 heteroatoms. The third kappa shape index (κ3) is 2.61. The van der Waals surface area contributed by atoms with Gasteiger partial charge >= 0.3 is 0 Å². The summed E-state index contributed by atoms with van der Waals surface area (Å²) in [5, 5.41) is 3.21. The van der Waals surface area contributed by atoms with Crippen LogP contribution in [0.25, 0.3) is 0 Å². The normalized spacial score (nSPS) is 20.4. The highest BCUT2D eigenvalue weighted by molar-refractivity contribution is 5.94. The molecule has 1 fully saturated rings. The van der Waals surface area contributed by atoms with Crippen LogP contribution in [0, 0.1) is 11.6 Å². The fourth-order valence-corrected chi connectivity index (χ4v) is 1.93. The summed E-state index contributed by atoms with van der Waals surface area (Å²) in [5.74, 6) is -2.17. The van der Waals surface area contributed by atoms with Crippen LogP contribution in [-0.4, -0.2) is 36.5 Å². The first-order valence-corrected chi connectivity index (χ1v) is 5.55. The molecule has 1 atom stereocenters. The number of hydrogen-bond acceptors (Lipinski definition) is 2. The van der Waals surface area contributed by atoms with Gasteiger partial charge in [-0.25, -0.2) is 8.78 Å². The molecule has 1 saturated heterocycles. The Labute approximate surface area is 98.4 Å². The van der Waals surface area contributed by atoms with E-state index in [0.29, 0.717) is 13.1 Å². The van der Waals surface area contributed by atoms with Crippen molar-refractivity contribution in [3.05, 3.63) is 35.4 Å². The van der Waals surface area contributed by atoms with E-state index in [9.17, 15) is 13.6 Å². The average molecular weight is 240 g/mol. The standard InChI is InChI=1S/C12H14F2N2O/c1-8-7-16(5-4-15-8)12(17)9-2-3-10(13)11(14)6-9/h2-3,6,8,15H,4-5,7H2,1H3/t8-/m1/s1. The number of benzene rings is 1. The van der Waals surface area contributed by atoms with Crippen LogP contribution in [0.5, 0.6) is 0 Å². The number of halogens is 2. The van der Waals surface area contributed by atoms with Crippen LogP contribution in [0.3, 0.4) is 0 Å². The molecule has 0 aromatic heterocycles. The lowest BCUT2D eigenvalue weighted by Crippen LogP contribution is -2.51. The second-order valence-electron chi connectivity index (χ2n) is 4.24. The van der Waals surface area contributed by atoms with Gasteiger partial charge in [0.2, 0.25) is 0 Å². The Hall–Kier alpha value is -1.49. The molecule has 0 aliphatic carbocycles. The average Bonchev–Trinajstić information content (AvgIpc) is 2.32. The van der Waals surface area contributed by atoms with Crippen LogP contribution >= 0.6 is 0 Å². The Kier molecular flexibility index (Phi) is 3.38. The molecule has 1 aliphatic heterocycles. The van der Waals surface area contributed by atoms with Gasteiger partial charge in [-0.05, 0) is 25.1 Å². The molecule has 17 heavy (non-hydrogen) atoms. The van der Waals surface area contributed by atoms with Gasteiger partial charge in [0.1, 0.15) is 0 Å². The van der Waals surface area contributed by atoms with Gasteiger partial charge in [0.25, 0.3) is 5.91 Å². The van der Waals surface area contributed by atoms with Gasteiger partial charge in [-0.2, -0.15) is 0 Å². The second-order valence-corrected chi connectivity index (χ2v) is 4.24. The summed E-state index contributed by atoms with van der Waals surface area (Å²) in [4.78, 5) is 13.7. The molecule has 0 saturated carbocycles. The zero-order chi connectivity index (χ0) is 12.4. The van der Waals surface area contributed by atoms with Crippen molar-refractivity contribution in [3.63, 3.8) is 0 Å². The van der Waals surface area contributed by atoms with E-state index in [0.717, 1.165) is 18.7 Å². The molecule has 1 N–H and O–H groups in total. The molecule has 0 spiro atoms. The maximum atomic E-state index is 13.0. The van der Waals surface area contributed by atoms with Crippen LogP contribution in [0.15, 0.2) is 18.2 Å². The summed E-state index contributed by atoms with van der Waals surface area (Å²) in [6.07, 6.45) is 0. The van der Waals surface area contributed by atoms with Crippen LogP contribution in [0.4, 0.5) is 8.78 Å². The molecular formula is C12H14F2N2O. The number of hydrogen-bond donors (Lipinski definition) is 1. The lowest BCUT2D eigenvalue weighted by Gasteiger charge is -2.31. The fourth-order valence-electron chi connectivity index (χ4n) is 1.93. The quantitative estimate of drug-likeness (QED) is 0.804. The first kappa shape index (κ1) is 12.0. The summed E-state index contributed by atoms with van der Waals surface area (Å²) in [6.45, 7) is 3.86. The number of nitrogens with one attached hydrogen (secondary N) is 1. The Morgan fingerprint density at radius 3 is 2.82 bits per heavy atom. The van der Waals surface area contributed by atoms with Crippen LogP contribution in [0.1, 0.15) is 17.3 Å². The Morgan fingerprint density at radius 1 is 1.41 bits per heavy atom. The Morgan fingerprint density at radius 2 is 2.18 bits per heavy atom. The highest BCUT2D eigenvalue weighted by atomic mass is 19.2. The molecular weight excluding hydrogens is 226 g/mol. The van der Waals surface area contributed by atoms with Gasteiger partial charge in [0.15, 0.2) is 11.6 Å². The van der Waals surface area contributed by atoms with E-state index in [2.05, 4.69) is 5.32 Å². The van der Waals surface area contributed by atoms with Crippen molar-refractivity contribution in [3.8, 4) is 0 Å². The Bertz CT molecular complexity index is 437. The van der Waals surface area contributed by atoms with E-state index in [4.69, 9.17) is 0 Å². The fraction of sp³-hybridized carbons (Fsp3) is 0.417. The number of rotatable bonds is 1. The summed E-state index contributed by atoms with van der Waals surface area (Å²) >= 11 is 0. The van der Waals surface area contributed by atoms with Gasteiger partial charge in [0, 0.05) is 31.2 Å². The van der Waals surface area contributed by atoms with Crippen molar-refractivity contribution in [1.82, 2.24) is 10.2 Å². The summed E-state index contributed by atoms with van der Waals surface area (Å²) < 4.78 is 25.8. The first-order valence-electron chi connectivity index (χ1n) is 5.55. The third-order valence-electron chi connectivity index (χ3n) is 2.82. The van der Waals surface area contributed by atoms with Crippen molar-refractivity contribution in [2.75, 3.05) is 19.6 Å². The summed E-state index contributed by atoms with van der Waals surface area (Å²) in [6, 6.07) is 3.46. The van der Waals surface area contributed by atoms with Gasteiger partial charge in [-0.1, -0.05) is 0 Å². The van der Waals surface area contributed by atoms with Crippen LogP contribution in [0.2, 0.25) is 0 Å². The number of carbonyl (C=O) groups is 1. The van der Waals surface area contributed by atoms with Crippen LogP contribution < -0.4 is 5.32 Å². The first-order chi connectivity index (χ1) is 8.08. The molecule has 1 aromatic rings. The van der Waals surface area contributed by atoms with E-state index in [1.807, 2.05) is 6.92 Å². The molecule has 1 heterocycles. The monoisotopic (exact) mass is 240 g/mol. The topological polar surface area (TPSA) is 32.3 Å². The van der Waals surface area contributed by atoms with Crippen molar-refractivity contribution < 1.29 is 13.6 Å². The SMILES string of the molecule is C[C@@H]1CN(C(=O)c2ccc(F)c(F)c2)CCN1. The minimum Gasteiger partial charge on any atom is -0.336 e. The molecule has 2 rings (SSSR count). The largest absolute Gasteiger partial charge is 0.336 e. The number of amides is 1. The maximum absolute atomic E-state index is 13.0. The van der Waals surface area contributed by atoms with Gasteiger partial charge in [-0.3, -0.25) is 4.79 Å². The number of nitrogens with zero attached hydrogens (tertiary/aromatic N) is 1. The van der Waals surface area contributed by atoms with E-state index in [1.54, 1.807) is 4.90 Å². The minimum atomic E-state index is -0.987. The van der Waals surface area contributed by atoms with Crippen molar-refractivity contribution in [1.29, 1.82) is 0 Å². The Balaban J connectivity index is 2.15. The highest BCUT2D eigenvalue weighted by Gasteiger charge is 2.22. The molecule has 92 valence electrons. The van der Waals surface area contributed by atoms with Crippen molar-refractivity contribution in [2.24, 2.45) is 0 Å². The molecule has 0 unspecified atom stereocenters. The third-order valence-corrected chi connectivity index (χ3v) is 2.82. The molecule has 1 aliphatic rings. The van der Waals surface area contributed by atoms with Crippen molar-refractivity contribution >= 4 is 5.91 Å². The second kappa shape index (κ2) is 4.79. The van der Waals surface area contributed by atoms with E-state index >= 15 is 0 Å². The zero-order valence-electron chi connectivity index (χ0n) is 9.54. The zero-order valence-corrected chi connectivity index (χ0v) is 9.54. The van der Waals surface area contributed by atoms with E-state index in [1.165, 1.54) is 6.07 Å².